The molecule has 72 valence electrons. The van der Waals surface area contributed by atoms with Crippen molar-refractivity contribution in [3.05, 3.63) is 23.5 Å². The van der Waals surface area contributed by atoms with Crippen LogP contribution in [0.15, 0.2) is 12.3 Å². The number of carbonyl (C=O) groups excluding carboxylic acids is 1. The highest BCUT2D eigenvalue weighted by Gasteiger charge is 1.97. The minimum Gasteiger partial charge on any atom is -0.467 e. The summed E-state index contributed by atoms with van der Waals surface area (Å²) in [5.74, 6) is 0. The molecule has 4 nitrogen and oxygen atoms in total. The summed E-state index contributed by atoms with van der Waals surface area (Å²) in [6, 6.07) is 2.04. The van der Waals surface area contributed by atoms with Crippen molar-refractivity contribution in [2.24, 2.45) is 5.73 Å². The number of hydrogen-bond donors (Lipinski definition) is 2. The van der Waals surface area contributed by atoms with E-state index in [4.69, 9.17) is 5.73 Å². The van der Waals surface area contributed by atoms with E-state index in [0.717, 1.165) is 18.5 Å². The van der Waals surface area contributed by atoms with Crippen LogP contribution in [0.25, 0.3) is 0 Å². The third kappa shape index (κ3) is 3.29. The first kappa shape index (κ1) is 9.80. The van der Waals surface area contributed by atoms with Crippen LogP contribution in [0.1, 0.15) is 11.3 Å². The average molecular weight is 182 g/mol. The molecule has 0 aliphatic carbocycles. The maximum atomic E-state index is 9.85. The minimum absolute atomic E-state index is 0.423. The van der Waals surface area contributed by atoms with Gasteiger partial charge in [0.25, 0.3) is 6.47 Å². The Bertz CT molecular complexity index is 258. The molecule has 0 aliphatic rings. The van der Waals surface area contributed by atoms with E-state index in [-0.39, 0.29) is 0 Å². The lowest BCUT2D eigenvalue weighted by Crippen LogP contribution is -2.01. The maximum absolute atomic E-state index is 9.85. The van der Waals surface area contributed by atoms with E-state index in [0.29, 0.717) is 19.6 Å². The van der Waals surface area contributed by atoms with Crippen molar-refractivity contribution in [2.45, 2.75) is 12.8 Å². The van der Waals surface area contributed by atoms with E-state index in [1.165, 1.54) is 5.56 Å². The normalized spacial score (nSPS) is 9.92. The molecule has 0 radical (unpaired) electrons. The third-order valence-electron chi connectivity index (χ3n) is 1.79. The van der Waals surface area contributed by atoms with E-state index < -0.39 is 0 Å². The number of nitrogens with two attached hydrogens (primary N) is 1. The smallest absolute Gasteiger partial charge is 0.293 e. The summed E-state index contributed by atoms with van der Waals surface area (Å²) in [6.45, 7) is 1.54. The van der Waals surface area contributed by atoms with Crippen LogP contribution in [0.3, 0.4) is 0 Å². The molecular weight excluding hydrogens is 168 g/mol. The molecule has 0 aromatic carbocycles. The SMILES string of the molecule is NCCc1c[nH]c(CCOC=O)c1. The molecule has 0 spiro atoms. The monoisotopic (exact) mass is 182 g/mol. The van der Waals surface area contributed by atoms with Crippen LogP contribution in [0, 0.1) is 0 Å². The molecule has 1 heterocycles. The second-order valence-corrected chi connectivity index (χ2v) is 2.79. The van der Waals surface area contributed by atoms with Gasteiger partial charge in [0.2, 0.25) is 0 Å². The molecule has 0 atom stereocenters. The second-order valence-electron chi connectivity index (χ2n) is 2.79. The lowest BCUT2D eigenvalue weighted by molar-refractivity contribution is -0.128. The standard InChI is InChI=1S/C9H14N2O2/c10-3-1-8-5-9(11-6-8)2-4-13-7-12/h5-7,11H,1-4,10H2. The van der Waals surface area contributed by atoms with Gasteiger partial charge >= 0.3 is 0 Å². The molecule has 13 heavy (non-hydrogen) atoms. The summed E-state index contributed by atoms with van der Waals surface area (Å²) in [5, 5.41) is 0. The van der Waals surface area contributed by atoms with Gasteiger partial charge in [0.1, 0.15) is 0 Å². The molecule has 1 rings (SSSR count). The molecule has 0 saturated heterocycles. The Morgan fingerprint density at radius 3 is 3.08 bits per heavy atom. The third-order valence-corrected chi connectivity index (χ3v) is 1.79. The summed E-state index contributed by atoms with van der Waals surface area (Å²) in [7, 11) is 0. The lowest BCUT2D eigenvalue weighted by atomic mass is 10.2. The summed E-state index contributed by atoms with van der Waals surface area (Å²) >= 11 is 0. The lowest BCUT2D eigenvalue weighted by Gasteiger charge is -1.95. The fourth-order valence-corrected chi connectivity index (χ4v) is 1.16. The van der Waals surface area contributed by atoms with Gasteiger partial charge in [-0.05, 0) is 24.6 Å². The number of nitrogens with one attached hydrogen (secondary N) is 1. The van der Waals surface area contributed by atoms with Gasteiger partial charge in [-0.3, -0.25) is 4.79 Å². The van der Waals surface area contributed by atoms with E-state index in [9.17, 15) is 4.79 Å². The molecule has 1 aromatic heterocycles. The Morgan fingerprint density at radius 2 is 2.38 bits per heavy atom. The van der Waals surface area contributed by atoms with Crippen LogP contribution in [0.5, 0.6) is 0 Å². The molecular formula is C9H14N2O2. The number of ether oxygens (including phenoxy) is 1. The number of H-pyrrole nitrogens is 1. The number of aromatic nitrogens is 1. The highest BCUT2D eigenvalue weighted by atomic mass is 16.5. The molecule has 0 bridgehead atoms. The Morgan fingerprint density at radius 1 is 1.54 bits per heavy atom. The van der Waals surface area contributed by atoms with Crippen molar-refractivity contribution in [2.75, 3.05) is 13.2 Å². The van der Waals surface area contributed by atoms with Gasteiger partial charge in [-0.2, -0.15) is 0 Å². The van der Waals surface area contributed by atoms with Crippen LogP contribution in [0.4, 0.5) is 0 Å². The van der Waals surface area contributed by atoms with Gasteiger partial charge in [-0.25, -0.2) is 0 Å². The summed E-state index contributed by atoms with van der Waals surface area (Å²) < 4.78 is 4.58. The van der Waals surface area contributed by atoms with Crippen molar-refractivity contribution in [1.29, 1.82) is 0 Å². The average Bonchev–Trinajstić information content (AvgIpc) is 2.54. The highest BCUT2D eigenvalue weighted by molar-refractivity contribution is 5.36. The molecule has 0 fully saturated rings. The van der Waals surface area contributed by atoms with E-state index >= 15 is 0 Å². The van der Waals surface area contributed by atoms with Crippen molar-refractivity contribution in [1.82, 2.24) is 4.98 Å². The van der Waals surface area contributed by atoms with Gasteiger partial charge in [-0.1, -0.05) is 0 Å². The van der Waals surface area contributed by atoms with Gasteiger partial charge in [0.05, 0.1) is 6.61 Å². The zero-order valence-electron chi connectivity index (χ0n) is 7.45. The second kappa shape index (κ2) is 5.37. The predicted octanol–water partition coefficient (Wildman–Crippen LogP) is 0.231. The molecule has 4 heteroatoms. The van der Waals surface area contributed by atoms with Crippen LogP contribution < -0.4 is 5.73 Å². The topological polar surface area (TPSA) is 68.1 Å². The first-order chi connectivity index (χ1) is 6.36. The molecule has 3 N–H and O–H groups in total. The molecule has 0 saturated carbocycles. The molecule has 0 amide bonds. The quantitative estimate of drug-likeness (QED) is 0.489. The minimum atomic E-state index is 0.423. The Kier molecular flexibility index (Phi) is 4.05. The summed E-state index contributed by atoms with van der Waals surface area (Å²) in [5.41, 5.74) is 7.68. The van der Waals surface area contributed by atoms with Gasteiger partial charge in [0, 0.05) is 18.3 Å². The Balaban J connectivity index is 2.35. The van der Waals surface area contributed by atoms with Crippen LogP contribution in [0.2, 0.25) is 0 Å². The zero-order valence-corrected chi connectivity index (χ0v) is 7.45. The van der Waals surface area contributed by atoms with Crippen LogP contribution in [-0.2, 0) is 22.4 Å². The summed E-state index contributed by atoms with van der Waals surface area (Å²) in [4.78, 5) is 13.0. The van der Waals surface area contributed by atoms with Crippen molar-refractivity contribution >= 4 is 6.47 Å². The van der Waals surface area contributed by atoms with E-state index in [1.54, 1.807) is 0 Å². The number of rotatable bonds is 6. The van der Waals surface area contributed by atoms with Crippen LogP contribution >= 0.6 is 0 Å². The van der Waals surface area contributed by atoms with Gasteiger partial charge in [0.15, 0.2) is 0 Å². The van der Waals surface area contributed by atoms with Crippen molar-refractivity contribution < 1.29 is 9.53 Å². The first-order valence-electron chi connectivity index (χ1n) is 4.28. The van der Waals surface area contributed by atoms with Crippen molar-refractivity contribution in [3.8, 4) is 0 Å². The number of carbonyl (C=O) groups is 1. The van der Waals surface area contributed by atoms with Gasteiger partial charge < -0.3 is 15.5 Å². The number of hydrogen-bond acceptors (Lipinski definition) is 3. The largest absolute Gasteiger partial charge is 0.467 e. The maximum Gasteiger partial charge on any atom is 0.293 e. The fourth-order valence-electron chi connectivity index (χ4n) is 1.16. The number of aromatic amines is 1. The zero-order chi connectivity index (χ0) is 9.52. The first-order valence-corrected chi connectivity index (χ1v) is 4.28. The highest BCUT2D eigenvalue weighted by Crippen LogP contribution is 2.04. The Labute approximate surface area is 77.1 Å². The Hall–Kier alpha value is -1.29. The van der Waals surface area contributed by atoms with E-state index in [2.05, 4.69) is 9.72 Å². The van der Waals surface area contributed by atoms with Gasteiger partial charge in [-0.15, -0.1) is 0 Å². The summed E-state index contributed by atoms with van der Waals surface area (Å²) in [6.07, 6.45) is 3.54. The fraction of sp³-hybridized carbons (Fsp3) is 0.444. The molecule has 1 aromatic rings. The van der Waals surface area contributed by atoms with Crippen molar-refractivity contribution in [3.63, 3.8) is 0 Å². The van der Waals surface area contributed by atoms with E-state index in [1.807, 2.05) is 12.3 Å². The molecule has 0 aliphatic heterocycles. The molecule has 0 unspecified atom stereocenters. The predicted molar refractivity (Wildman–Crippen MR) is 49.3 cm³/mol. The van der Waals surface area contributed by atoms with Crippen LogP contribution in [-0.4, -0.2) is 24.6 Å².